The summed E-state index contributed by atoms with van der Waals surface area (Å²) in [4.78, 5) is 2.55. The van der Waals surface area contributed by atoms with Crippen LogP contribution >= 0.6 is 0 Å². The topological polar surface area (TPSA) is 35.5 Å². The lowest BCUT2D eigenvalue weighted by Gasteiger charge is -2.51. The van der Waals surface area contributed by atoms with E-state index >= 15 is 0 Å². The third-order valence-corrected chi connectivity index (χ3v) is 4.91. The number of aliphatic hydroxyl groups is 1. The van der Waals surface area contributed by atoms with E-state index in [1.165, 1.54) is 25.9 Å². The van der Waals surface area contributed by atoms with E-state index in [1.54, 1.807) is 0 Å². The monoisotopic (exact) mass is 240 g/mol. The molecule has 2 aliphatic rings. The summed E-state index contributed by atoms with van der Waals surface area (Å²) in [6.45, 7) is 11.3. The molecule has 0 spiro atoms. The number of hydrogen-bond acceptors (Lipinski definition) is 3. The SMILES string of the molecule is CC(C)N1CCC(NC2CC(O)C2(C)C)CC1. The molecule has 100 valence electrons. The smallest absolute Gasteiger partial charge is 0.0621 e. The molecule has 1 aliphatic heterocycles. The van der Waals surface area contributed by atoms with Gasteiger partial charge in [-0.05, 0) is 46.2 Å². The molecule has 1 heterocycles. The summed E-state index contributed by atoms with van der Waals surface area (Å²) in [6.07, 6.45) is 3.31. The van der Waals surface area contributed by atoms with Gasteiger partial charge in [0.25, 0.3) is 0 Å². The molecule has 3 heteroatoms. The molecule has 2 N–H and O–H groups in total. The fourth-order valence-electron chi connectivity index (χ4n) is 3.05. The second-order valence-corrected chi connectivity index (χ2v) is 6.70. The summed E-state index contributed by atoms with van der Waals surface area (Å²) in [7, 11) is 0. The Hall–Kier alpha value is -0.120. The van der Waals surface area contributed by atoms with Crippen LogP contribution in [-0.4, -0.2) is 47.3 Å². The molecule has 1 aliphatic carbocycles. The zero-order chi connectivity index (χ0) is 12.6. The normalized spacial score (nSPS) is 34.9. The Labute approximate surface area is 106 Å². The van der Waals surface area contributed by atoms with E-state index in [0.29, 0.717) is 18.1 Å². The number of nitrogens with zero attached hydrogens (tertiary/aromatic N) is 1. The Morgan fingerprint density at radius 3 is 2.24 bits per heavy atom. The van der Waals surface area contributed by atoms with Gasteiger partial charge in [-0.1, -0.05) is 13.8 Å². The second kappa shape index (κ2) is 4.87. The van der Waals surface area contributed by atoms with E-state index in [4.69, 9.17) is 0 Å². The number of hydrogen-bond donors (Lipinski definition) is 2. The highest BCUT2D eigenvalue weighted by Crippen LogP contribution is 2.41. The Kier molecular flexibility index (Phi) is 3.81. The Morgan fingerprint density at radius 2 is 1.82 bits per heavy atom. The van der Waals surface area contributed by atoms with Gasteiger partial charge in [0.1, 0.15) is 0 Å². The van der Waals surface area contributed by atoms with Crippen LogP contribution in [0.5, 0.6) is 0 Å². The number of aliphatic hydroxyl groups excluding tert-OH is 1. The number of rotatable bonds is 3. The maximum atomic E-state index is 9.74. The van der Waals surface area contributed by atoms with Crippen LogP contribution in [0.15, 0.2) is 0 Å². The molecule has 0 radical (unpaired) electrons. The maximum absolute atomic E-state index is 9.74. The average Bonchev–Trinajstić information content (AvgIpc) is 2.29. The molecule has 0 aromatic heterocycles. The van der Waals surface area contributed by atoms with E-state index in [2.05, 4.69) is 37.9 Å². The minimum Gasteiger partial charge on any atom is -0.392 e. The minimum absolute atomic E-state index is 0.0647. The predicted octanol–water partition coefficient (Wildman–Crippen LogP) is 1.61. The van der Waals surface area contributed by atoms with E-state index in [-0.39, 0.29) is 11.5 Å². The van der Waals surface area contributed by atoms with Gasteiger partial charge in [-0.3, -0.25) is 0 Å². The predicted molar refractivity (Wildman–Crippen MR) is 71.1 cm³/mol. The highest BCUT2D eigenvalue weighted by molar-refractivity contribution is 5.03. The Bertz CT molecular complexity index is 257. The van der Waals surface area contributed by atoms with Crippen LogP contribution in [-0.2, 0) is 0 Å². The van der Waals surface area contributed by atoms with Crippen molar-refractivity contribution in [2.24, 2.45) is 5.41 Å². The lowest BCUT2D eigenvalue weighted by molar-refractivity contribution is -0.0779. The van der Waals surface area contributed by atoms with Crippen molar-refractivity contribution < 1.29 is 5.11 Å². The second-order valence-electron chi connectivity index (χ2n) is 6.70. The van der Waals surface area contributed by atoms with Crippen LogP contribution in [0.2, 0.25) is 0 Å². The molecule has 2 atom stereocenters. The van der Waals surface area contributed by atoms with E-state index < -0.39 is 0 Å². The first kappa shape index (κ1) is 13.3. The number of piperidine rings is 1. The molecule has 0 aromatic rings. The molecular weight excluding hydrogens is 212 g/mol. The Morgan fingerprint density at radius 1 is 1.24 bits per heavy atom. The van der Waals surface area contributed by atoms with Crippen LogP contribution in [0.4, 0.5) is 0 Å². The zero-order valence-corrected chi connectivity index (χ0v) is 11.7. The molecule has 17 heavy (non-hydrogen) atoms. The van der Waals surface area contributed by atoms with Crippen LogP contribution < -0.4 is 5.32 Å². The molecule has 2 fully saturated rings. The highest BCUT2D eigenvalue weighted by atomic mass is 16.3. The van der Waals surface area contributed by atoms with Gasteiger partial charge in [0, 0.05) is 23.5 Å². The van der Waals surface area contributed by atoms with Gasteiger partial charge in [0.05, 0.1) is 6.10 Å². The zero-order valence-electron chi connectivity index (χ0n) is 11.7. The van der Waals surface area contributed by atoms with Crippen LogP contribution in [0, 0.1) is 5.41 Å². The first-order valence-electron chi connectivity index (χ1n) is 7.09. The fourth-order valence-corrected chi connectivity index (χ4v) is 3.05. The van der Waals surface area contributed by atoms with Crippen LogP contribution in [0.25, 0.3) is 0 Å². The minimum atomic E-state index is -0.115. The van der Waals surface area contributed by atoms with Gasteiger partial charge in [0.2, 0.25) is 0 Å². The van der Waals surface area contributed by atoms with Gasteiger partial charge in [-0.2, -0.15) is 0 Å². The van der Waals surface area contributed by atoms with Crippen LogP contribution in [0.3, 0.4) is 0 Å². The molecule has 0 bridgehead atoms. The fraction of sp³-hybridized carbons (Fsp3) is 1.00. The lowest BCUT2D eigenvalue weighted by atomic mass is 9.64. The third kappa shape index (κ3) is 2.67. The summed E-state index contributed by atoms with van der Waals surface area (Å²) >= 11 is 0. The molecule has 1 saturated carbocycles. The third-order valence-electron chi connectivity index (χ3n) is 4.91. The van der Waals surface area contributed by atoms with Gasteiger partial charge in [-0.15, -0.1) is 0 Å². The van der Waals surface area contributed by atoms with Gasteiger partial charge in [0.15, 0.2) is 0 Å². The van der Waals surface area contributed by atoms with Crippen LogP contribution in [0.1, 0.15) is 47.0 Å². The summed E-state index contributed by atoms with van der Waals surface area (Å²) < 4.78 is 0. The number of nitrogens with one attached hydrogen (secondary N) is 1. The first-order chi connectivity index (χ1) is 7.91. The van der Waals surface area contributed by atoms with Crippen molar-refractivity contribution in [3.05, 3.63) is 0 Å². The average molecular weight is 240 g/mol. The molecule has 3 nitrogen and oxygen atoms in total. The lowest BCUT2D eigenvalue weighted by Crippen LogP contribution is -2.63. The molecule has 2 unspecified atom stereocenters. The van der Waals surface area contributed by atoms with Crippen molar-refractivity contribution in [3.8, 4) is 0 Å². The van der Waals surface area contributed by atoms with Crippen molar-refractivity contribution in [3.63, 3.8) is 0 Å². The van der Waals surface area contributed by atoms with Crippen molar-refractivity contribution in [2.45, 2.75) is 71.2 Å². The summed E-state index contributed by atoms with van der Waals surface area (Å²) in [5, 5.41) is 13.5. The van der Waals surface area contributed by atoms with Gasteiger partial charge >= 0.3 is 0 Å². The molecule has 0 aromatic carbocycles. The van der Waals surface area contributed by atoms with Crippen molar-refractivity contribution in [2.75, 3.05) is 13.1 Å². The molecular formula is C14H28N2O. The molecule has 1 saturated heterocycles. The van der Waals surface area contributed by atoms with E-state index in [9.17, 15) is 5.11 Å². The first-order valence-corrected chi connectivity index (χ1v) is 7.09. The maximum Gasteiger partial charge on any atom is 0.0621 e. The molecule has 0 amide bonds. The number of likely N-dealkylation sites (tertiary alicyclic amines) is 1. The van der Waals surface area contributed by atoms with E-state index in [0.717, 1.165) is 6.42 Å². The van der Waals surface area contributed by atoms with E-state index in [1.807, 2.05) is 0 Å². The van der Waals surface area contributed by atoms with Crippen molar-refractivity contribution in [1.29, 1.82) is 0 Å². The molecule has 2 rings (SSSR count). The van der Waals surface area contributed by atoms with Gasteiger partial charge < -0.3 is 15.3 Å². The summed E-state index contributed by atoms with van der Waals surface area (Å²) in [5.41, 5.74) is 0.0647. The highest BCUT2D eigenvalue weighted by Gasteiger charge is 2.47. The largest absolute Gasteiger partial charge is 0.392 e. The summed E-state index contributed by atoms with van der Waals surface area (Å²) in [6, 6.07) is 1.84. The van der Waals surface area contributed by atoms with Gasteiger partial charge in [-0.25, -0.2) is 0 Å². The quantitative estimate of drug-likeness (QED) is 0.787. The van der Waals surface area contributed by atoms with Crippen molar-refractivity contribution >= 4 is 0 Å². The summed E-state index contributed by atoms with van der Waals surface area (Å²) in [5.74, 6) is 0. The van der Waals surface area contributed by atoms with Crippen molar-refractivity contribution in [1.82, 2.24) is 10.2 Å². The Balaban J connectivity index is 1.76. The standard InChI is InChI=1S/C14H28N2O/c1-10(2)16-7-5-11(6-8-16)15-12-9-13(17)14(12,3)4/h10-13,15,17H,5-9H2,1-4H3.